The van der Waals surface area contributed by atoms with Gasteiger partial charge in [-0.3, -0.25) is 29.9 Å². The van der Waals surface area contributed by atoms with Crippen LogP contribution in [0.2, 0.25) is 0 Å². The van der Waals surface area contributed by atoms with E-state index in [0.29, 0.717) is 32.0 Å². The van der Waals surface area contributed by atoms with Crippen LogP contribution < -0.4 is 19.9 Å². The Morgan fingerprint density at radius 2 is 1.91 bits per heavy atom. The van der Waals surface area contributed by atoms with Gasteiger partial charge in [-0.15, -0.1) is 0 Å². The van der Waals surface area contributed by atoms with Gasteiger partial charge in [-0.1, -0.05) is 18.2 Å². The summed E-state index contributed by atoms with van der Waals surface area (Å²) >= 11 is 0. The van der Waals surface area contributed by atoms with E-state index >= 15 is 0 Å². The molecule has 0 bridgehead atoms. The number of morpholine rings is 1. The molecule has 0 atom stereocenters. The van der Waals surface area contributed by atoms with Crippen LogP contribution in [0.1, 0.15) is 5.56 Å². The van der Waals surface area contributed by atoms with Crippen LogP contribution in [0, 0.1) is 10.1 Å². The zero-order chi connectivity index (χ0) is 24.9. The van der Waals surface area contributed by atoms with E-state index in [1.54, 1.807) is 35.2 Å². The smallest absolute Gasteiger partial charge is 0.315 e. The average Bonchev–Trinajstić information content (AvgIpc) is 3.16. The molecule has 2 aromatic rings. The number of ether oxygens (including phenoxy) is 3. The molecular weight excluding hydrogens is 460 g/mol. The Bertz CT molecular complexity index is 1190. The van der Waals surface area contributed by atoms with Crippen molar-refractivity contribution in [2.75, 3.05) is 45.0 Å². The van der Waals surface area contributed by atoms with E-state index < -0.39 is 29.0 Å². The lowest BCUT2D eigenvalue weighted by molar-refractivity contribution is -0.385. The molecule has 2 aliphatic rings. The van der Waals surface area contributed by atoms with E-state index in [4.69, 9.17) is 14.2 Å². The summed E-state index contributed by atoms with van der Waals surface area (Å²) in [6, 6.07) is 11.0. The summed E-state index contributed by atoms with van der Waals surface area (Å²) in [5, 5.41) is 12.9. The van der Waals surface area contributed by atoms with E-state index in [1.165, 1.54) is 19.3 Å². The largest absolute Gasteiger partial charge is 0.493 e. The standard InChI is InChI=1S/C23H22N4O8/c1-33-19-13-15(11-17-22(29)24-26(23(17)30)16-5-3-2-4-6-16)12-18(27(31)32)21(19)35-14-20(28)25-7-9-34-10-8-25/h2-6,11-13H,7-10,14H2,1H3,(H,24,29)/b17-11-. The number of nitro benzene ring substituents is 1. The summed E-state index contributed by atoms with van der Waals surface area (Å²) in [4.78, 5) is 50.3. The molecule has 0 aliphatic carbocycles. The number of benzene rings is 2. The Hall–Kier alpha value is -4.45. The molecule has 3 amide bonds. The molecule has 2 heterocycles. The van der Waals surface area contributed by atoms with Gasteiger partial charge in [0.1, 0.15) is 5.57 Å². The number of methoxy groups -OCH3 is 1. The molecule has 12 nitrogen and oxygen atoms in total. The van der Waals surface area contributed by atoms with Crippen molar-refractivity contribution in [2.24, 2.45) is 0 Å². The molecule has 2 aromatic carbocycles. The summed E-state index contributed by atoms with van der Waals surface area (Å²) in [6.07, 6.45) is 1.23. The van der Waals surface area contributed by atoms with Crippen molar-refractivity contribution in [1.82, 2.24) is 10.3 Å². The predicted octanol–water partition coefficient (Wildman–Crippen LogP) is 1.30. The highest BCUT2D eigenvalue weighted by atomic mass is 16.6. The molecule has 1 N–H and O–H groups in total. The maximum absolute atomic E-state index is 12.8. The Labute approximate surface area is 199 Å². The zero-order valence-electron chi connectivity index (χ0n) is 18.8. The van der Waals surface area contributed by atoms with Gasteiger partial charge in [0.2, 0.25) is 5.75 Å². The van der Waals surface area contributed by atoms with Crippen LogP contribution in [-0.2, 0) is 19.1 Å². The lowest BCUT2D eigenvalue weighted by Gasteiger charge is -2.26. The number of amides is 3. The summed E-state index contributed by atoms with van der Waals surface area (Å²) in [5.74, 6) is -1.86. The first kappa shape index (κ1) is 23.7. The van der Waals surface area contributed by atoms with Crippen LogP contribution >= 0.6 is 0 Å². The lowest BCUT2D eigenvalue weighted by atomic mass is 10.1. The molecule has 2 saturated heterocycles. The summed E-state index contributed by atoms with van der Waals surface area (Å²) in [7, 11) is 1.29. The minimum Gasteiger partial charge on any atom is -0.493 e. The molecule has 0 unspecified atom stereocenters. The van der Waals surface area contributed by atoms with Crippen LogP contribution in [0.15, 0.2) is 48.0 Å². The normalized spacial score (nSPS) is 16.9. The number of nitrogens with zero attached hydrogens (tertiary/aromatic N) is 3. The number of nitro groups is 1. The van der Waals surface area contributed by atoms with Crippen molar-refractivity contribution in [3.63, 3.8) is 0 Å². The Morgan fingerprint density at radius 3 is 2.57 bits per heavy atom. The molecule has 2 aliphatic heterocycles. The number of rotatable bonds is 7. The highest BCUT2D eigenvalue weighted by molar-refractivity contribution is 6.31. The average molecular weight is 482 g/mol. The van der Waals surface area contributed by atoms with E-state index in [9.17, 15) is 24.5 Å². The van der Waals surface area contributed by atoms with Crippen LogP contribution in [0.5, 0.6) is 11.5 Å². The Kier molecular flexibility index (Phi) is 6.92. The zero-order valence-corrected chi connectivity index (χ0v) is 18.8. The molecular formula is C23H22N4O8. The molecule has 0 aromatic heterocycles. The van der Waals surface area contributed by atoms with Gasteiger partial charge in [0.05, 0.1) is 30.9 Å². The third-order valence-electron chi connectivity index (χ3n) is 5.39. The van der Waals surface area contributed by atoms with E-state index in [1.807, 2.05) is 0 Å². The lowest BCUT2D eigenvalue weighted by Crippen LogP contribution is -2.43. The number of hydrazine groups is 1. The summed E-state index contributed by atoms with van der Waals surface area (Å²) in [6.45, 7) is 1.21. The number of anilines is 1. The van der Waals surface area contributed by atoms with Crippen molar-refractivity contribution in [1.29, 1.82) is 0 Å². The molecule has 0 radical (unpaired) electrons. The first-order valence-corrected chi connectivity index (χ1v) is 10.7. The van der Waals surface area contributed by atoms with Crippen molar-refractivity contribution in [3.8, 4) is 11.5 Å². The molecule has 2 fully saturated rings. The van der Waals surface area contributed by atoms with Gasteiger partial charge in [-0.05, 0) is 29.8 Å². The van der Waals surface area contributed by atoms with Gasteiger partial charge in [0.15, 0.2) is 12.4 Å². The fourth-order valence-corrected chi connectivity index (χ4v) is 3.64. The van der Waals surface area contributed by atoms with Gasteiger partial charge < -0.3 is 19.1 Å². The topological polar surface area (TPSA) is 141 Å². The number of para-hydroxylation sites is 1. The highest BCUT2D eigenvalue weighted by Gasteiger charge is 2.35. The molecule has 0 spiro atoms. The van der Waals surface area contributed by atoms with Crippen LogP contribution in [0.25, 0.3) is 6.08 Å². The van der Waals surface area contributed by atoms with Gasteiger partial charge >= 0.3 is 5.69 Å². The number of hydrogen-bond donors (Lipinski definition) is 1. The SMILES string of the molecule is COc1cc(/C=C2/C(=O)NN(c3ccccc3)C2=O)cc([N+](=O)[O-])c1OCC(=O)N1CCOCC1. The maximum Gasteiger partial charge on any atom is 0.315 e. The van der Waals surface area contributed by atoms with Gasteiger partial charge in [0.25, 0.3) is 17.7 Å². The predicted molar refractivity (Wildman–Crippen MR) is 123 cm³/mol. The minimum atomic E-state index is -0.689. The van der Waals surface area contributed by atoms with Gasteiger partial charge in [-0.25, -0.2) is 5.01 Å². The highest BCUT2D eigenvalue weighted by Crippen LogP contribution is 2.39. The second kappa shape index (κ2) is 10.2. The minimum absolute atomic E-state index is 0.0217. The number of carbonyl (C=O) groups is 3. The number of hydrogen-bond acceptors (Lipinski definition) is 8. The molecule has 12 heteroatoms. The fourth-order valence-electron chi connectivity index (χ4n) is 3.64. The molecule has 0 saturated carbocycles. The van der Waals surface area contributed by atoms with Crippen LogP contribution in [-0.4, -0.2) is 67.6 Å². The van der Waals surface area contributed by atoms with Crippen molar-refractivity contribution in [2.45, 2.75) is 0 Å². The van der Waals surface area contributed by atoms with Crippen molar-refractivity contribution >= 4 is 35.2 Å². The van der Waals surface area contributed by atoms with Crippen LogP contribution in [0.4, 0.5) is 11.4 Å². The second-order valence-corrected chi connectivity index (χ2v) is 7.59. The van der Waals surface area contributed by atoms with E-state index in [-0.39, 0.29) is 28.5 Å². The van der Waals surface area contributed by atoms with Crippen molar-refractivity contribution < 1.29 is 33.5 Å². The summed E-state index contributed by atoms with van der Waals surface area (Å²) < 4.78 is 16.0. The van der Waals surface area contributed by atoms with Crippen molar-refractivity contribution in [3.05, 3.63) is 63.7 Å². The van der Waals surface area contributed by atoms with E-state index in [0.717, 1.165) is 11.1 Å². The third kappa shape index (κ3) is 5.06. The van der Waals surface area contributed by atoms with Gasteiger partial charge in [-0.2, -0.15) is 0 Å². The first-order valence-electron chi connectivity index (χ1n) is 10.7. The van der Waals surface area contributed by atoms with E-state index in [2.05, 4.69) is 5.43 Å². The molecule has 4 rings (SSSR count). The fraction of sp³-hybridized carbons (Fsp3) is 0.261. The van der Waals surface area contributed by atoms with Crippen LogP contribution in [0.3, 0.4) is 0 Å². The Balaban J connectivity index is 1.60. The summed E-state index contributed by atoms with van der Waals surface area (Å²) in [5.41, 5.74) is 2.42. The second-order valence-electron chi connectivity index (χ2n) is 7.59. The van der Waals surface area contributed by atoms with Gasteiger partial charge in [0, 0.05) is 19.2 Å². The maximum atomic E-state index is 12.8. The number of nitrogens with one attached hydrogen (secondary N) is 1. The first-order chi connectivity index (χ1) is 16.9. The molecule has 35 heavy (non-hydrogen) atoms. The molecule has 182 valence electrons. The number of carbonyl (C=O) groups excluding carboxylic acids is 3. The monoisotopic (exact) mass is 482 g/mol. The Morgan fingerprint density at radius 1 is 1.20 bits per heavy atom. The third-order valence-corrected chi connectivity index (χ3v) is 5.39. The quantitative estimate of drug-likeness (QED) is 0.270.